The van der Waals surface area contributed by atoms with Gasteiger partial charge >= 0.3 is 0 Å². The highest BCUT2D eigenvalue weighted by atomic mass is 32.2. The van der Waals surface area contributed by atoms with Crippen LogP contribution in [0.2, 0.25) is 0 Å². The quantitative estimate of drug-likeness (QED) is 0.618. The van der Waals surface area contributed by atoms with Gasteiger partial charge in [0.2, 0.25) is 0 Å². The van der Waals surface area contributed by atoms with Gasteiger partial charge in [0.25, 0.3) is 15.9 Å². The molecule has 0 aliphatic rings. The number of anilines is 1. The van der Waals surface area contributed by atoms with E-state index in [4.69, 9.17) is 4.74 Å². The zero-order valence-corrected chi connectivity index (χ0v) is 18.0. The average Bonchev–Trinajstić information content (AvgIpc) is 3.21. The van der Waals surface area contributed by atoms with Crippen LogP contribution in [0.4, 0.5) is 5.69 Å². The van der Waals surface area contributed by atoms with E-state index in [2.05, 4.69) is 5.32 Å². The molecule has 3 aromatic rings. The average molecular weight is 431 g/mol. The Morgan fingerprint density at radius 2 is 1.79 bits per heavy atom. The van der Waals surface area contributed by atoms with E-state index in [1.54, 1.807) is 42.8 Å². The molecule has 0 saturated carbocycles. The number of hydrogen-bond donors (Lipinski definition) is 1. The molecule has 0 saturated heterocycles. The summed E-state index contributed by atoms with van der Waals surface area (Å²) < 4.78 is 32.4. The first-order valence-electron chi connectivity index (χ1n) is 8.88. The van der Waals surface area contributed by atoms with Crippen LogP contribution in [0.1, 0.15) is 20.8 Å². The van der Waals surface area contributed by atoms with Crippen molar-refractivity contribution >= 4 is 33.0 Å². The summed E-state index contributed by atoms with van der Waals surface area (Å²) in [5, 5.41) is 4.54. The van der Waals surface area contributed by atoms with Gasteiger partial charge in [-0.15, -0.1) is 11.3 Å². The summed E-state index contributed by atoms with van der Waals surface area (Å²) in [6.07, 6.45) is 0. The first-order valence-corrected chi connectivity index (χ1v) is 11.2. The van der Waals surface area contributed by atoms with Crippen LogP contribution in [-0.2, 0) is 16.6 Å². The third-order valence-electron chi connectivity index (χ3n) is 4.50. The normalized spacial score (nSPS) is 11.1. The van der Waals surface area contributed by atoms with Crippen molar-refractivity contribution in [2.24, 2.45) is 0 Å². The molecule has 3 rings (SSSR count). The Hall–Kier alpha value is -2.84. The molecule has 152 valence electrons. The van der Waals surface area contributed by atoms with E-state index < -0.39 is 10.0 Å². The van der Waals surface area contributed by atoms with Crippen LogP contribution >= 0.6 is 11.3 Å². The number of para-hydroxylation sites is 1. The SMILES string of the molecule is COc1ccccc1CNC(=O)c1sccc1N(C)S(=O)(=O)c1ccc(C)cc1. The summed E-state index contributed by atoms with van der Waals surface area (Å²) >= 11 is 1.20. The van der Waals surface area contributed by atoms with E-state index >= 15 is 0 Å². The predicted molar refractivity (Wildman–Crippen MR) is 115 cm³/mol. The summed E-state index contributed by atoms with van der Waals surface area (Å²) in [4.78, 5) is 13.3. The minimum atomic E-state index is -3.77. The predicted octanol–water partition coefficient (Wildman–Crippen LogP) is 3.82. The lowest BCUT2D eigenvalue weighted by molar-refractivity contribution is 0.0955. The molecule has 0 spiro atoms. The third kappa shape index (κ3) is 4.44. The number of methoxy groups -OCH3 is 1. The smallest absolute Gasteiger partial charge is 0.264 e. The number of benzene rings is 2. The highest BCUT2D eigenvalue weighted by Crippen LogP contribution is 2.30. The maximum atomic E-state index is 13.0. The highest BCUT2D eigenvalue weighted by Gasteiger charge is 2.26. The fourth-order valence-electron chi connectivity index (χ4n) is 2.82. The van der Waals surface area contributed by atoms with E-state index in [0.29, 0.717) is 16.3 Å². The Balaban J connectivity index is 1.81. The third-order valence-corrected chi connectivity index (χ3v) is 7.19. The molecule has 2 aromatic carbocycles. The topological polar surface area (TPSA) is 75.7 Å². The van der Waals surface area contributed by atoms with Gasteiger partial charge in [-0.25, -0.2) is 8.42 Å². The van der Waals surface area contributed by atoms with Gasteiger partial charge in [0.05, 0.1) is 17.7 Å². The second-order valence-corrected chi connectivity index (χ2v) is 9.30. The highest BCUT2D eigenvalue weighted by molar-refractivity contribution is 7.92. The first-order chi connectivity index (χ1) is 13.8. The molecular formula is C21H22N2O4S2. The van der Waals surface area contributed by atoms with Gasteiger partial charge in [-0.3, -0.25) is 9.10 Å². The van der Waals surface area contributed by atoms with Crippen LogP contribution in [0.15, 0.2) is 64.9 Å². The lowest BCUT2D eigenvalue weighted by Gasteiger charge is -2.20. The van der Waals surface area contributed by atoms with Crippen molar-refractivity contribution in [1.82, 2.24) is 5.32 Å². The van der Waals surface area contributed by atoms with Gasteiger partial charge in [0.15, 0.2) is 0 Å². The number of nitrogens with zero attached hydrogens (tertiary/aromatic N) is 1. The second-order valence-electron chi connectivity index (χ2n) is 6.42. The number of rotatable bonds is 7. The van der Waals surface area contributed by atoms with Crippen LogP contribution in [0, 0.1) is 6.92 Å². The van der Waals surface area contributed by atoms with E-state index in [1.807, 2.05) is 31.2 Å². The Bertz CT molecular complexity index is 1110. The number of aryl methyl sites for hydroxylation is 1. The molecule has 0 aliphatic carbocycles. The number of thiophene rings is 1. The molecule has 29 heavy (non-hydrogen) atoms. The maximum absolute atomic E-state index is 13.0. The van der Waals surface area contributed by atoms with Crippen LogP contribution in [0.3, 0.4) is 0 Å². The summed E-state index contributed by atoms with van der Waals surface area (Å²) in [6, 6.07) is 15.7. The molecule has 0 aliphatic heterocycles. The van der Waals surface area contributed by atoms with Gasteiger partial charge in [-0.1, -0.05) is 35.9 Å². The van der Waals surface area contributed by atoms with Crippen LogP contribution in [0.5, 0.6) is 5.75 Å². The largest absolute Gasteiger partial charge is 0.496 e. The van der Waals surface area contributed by atoms with Crippen LogP contribution in [-0.4, -0.2) is 28.5 Å². The van der Waals surface area contributed by atoms with Crippen molar-refractivity contribution in [3.05, 3.63) is 76.0 Å². The number of hydrogen-bond acceptors (Lipinski definition) is 5. The second kappa shape index (κ2) is 8.67. The fraction of sp³-hybridized carbons (Fsp3) is 0.190. The van der Waals surface area contributed by atoms with Gasteiger partial charge < -0.3 is 10.1 Å². The lowest BCUT2D eigenvalue weighted by Crippen LogP contribution is -2.29. The molecule has 0 atom stereocenters. The Morgan fingerprint density at radius 1 is 1.10 bits per heavy atom. The monoisotopic (exact) mass is 430 g/mol. The standard InChI is InChI=1S/C21H22N2O4S2/c1-15-8-10-17(11-9-15)29(25,26)23(2)18-12-13-28-20(18)21(24)22-14-16-6-4-5-7-19(16)27-3/h4-13H,14H2,1-3H3,(H,22,24). The van der Waals surface area contributed by atoms with Crippen molar-refractivity contribution in [3.8, 4) is 5.75 Å². The Labute approximate surface area is 174 Å². The van der Waals surface area contributed by atoms with Crippen molar-refractivity contribution in [2.75, 3.05) is 18.5 Å². The molecule has 1 aromatic heterocycles. The summed E-state index contributed by atoms with van der Waals surface area (Å²) in [5.74, 6) is 0.338. The fourth-order valence-corrected chi connectivity index (χ4v) is 4.93. The van der Waals surface area contributed by atoms with E-state index in [0.717, 1.165) is 15.4 Å². The number of ether oxygens (including phenoxy) is 1. The van der Waals surface area contributed by atoms with Gasteiger partial charge in [-0.05, 0) is 36.6 Å². The summed E-state index contributed by atoms with van der Waals surface area (Å²) in [6.45, 7) is 2.16. The van der Waals surface area contributed by atoms with Crippen molar-refractivity contribution in [3.63, 3.8) is 0 Å². The minimum absolute atomic E-state index is 0.178. The number of sulfonamides is 1. The van der Waals surface area contributed by atoms with E-state index in [-0.39, 0.29) is 17.3 Å². The number of carbonyl (C=O) groups is 1. The molecule has 1 N–H and O–H groups in total. The minimum Gasteiger partial charge on any atom is -0.496 e. The molecule has 0 fully saturated rings. The molecule has 0 radical (unpaired) electrons. The summed E-state index contributed by atoms with van der Waals surface area (Å²) in [7, 11) is -0.748. The van der Waals surface area contributed by atoms with Crippen molar-refractivity contribution < 1.29 is 17.9 Å². The molecule has 0 unspecified atom stereocenters. The number of amides is 1. The van der Waals surface area contributed by atoms with E-state index in [1.165, 1.54) is 18.4 Å². The zero-order valence-electron chi connectivity index (χ0n) is 16.4. The lowest BCUT2D eigenvalue weighted by atomic mass is 10.2. The van der Waals surface area contributed by atoms with Crippen LogP contribution < -0.4 is 14.4 Å². The van der Waals surface area contributed by atoms with Crippen molar-refractivity contribution in [2.45, 2.75) is 18.4 Å². The molecule has 1 heterocycles. The molecule has 8 heteroatoms. The van der Waals surface area contributed by atoms with Gasteiger partial charge in [0, 0.05) is 19.2 Å². The number of nitrogens with one attached hydrogen (secondary N) is 1. The van der Waals surface area contributed by atoms with E-state index in [9.17, 15) is 13.2 Å². The van der Waals surface area contributed by atoms with Crippen LogP contribution in [0.25, 0.3) is 0 Å². The molecule has 1 amide bonds. The summed E-state index contributed by atoms with van der Waals surface area (Å²) in [5.41, 5.74) is 2.15. The van der Waals surface area contributed by atoms with Gasteiger partial charge in [0.1, 0.15) is 10.6 Å². The van der Waals surface area contributed by atoms with Gasteiger partial charge in [-0.2, -0.15) is 0 Å². The maximum Gasteiger partial charge on any atom is 0.264 e. The zero-order chi connectivity index (χ0) is 21.0. The van der Waals surface area contributed by atoms with Crippen molar-refractivity contribution in [1.29, 1.82) is 0 Å². The number of carbonyl (C=O) groups excluding carboxylic acids is 1. The molecular weight excluding hydrogens is 408 g/mol. The molecule has 0 bridgehead atoms. The first kappa shape index (κ1) is 20.9. The Kier molecular flexibility index (Phi) is 6.24. The molecule has 6 nitrogen and oxygen atoms in total. The Morgan fingerprint density at radius 3 is 2.48 bits per heavy atom.